The van der Waals surface area contributed by atoms with Gasteiger partial charge in [-0.05, 0) is 42.9 Å². The van der Waals surface area contributed by atoms with E-state index in [0.29, 0.717) is 45.6 Å². The monoisotopic (exact) mass is 454 g/mol. The van der Waals surface area contributed by atoms with Crippen molar-refractivity contribution in [3.63, 3.8) is 0 Å². The molecule has 0 aromatic heterocycles. The Balaban J connectivity index is 1.80. The second kappa shape index (κ2) is 8.72. The van der Waals surface area contributed by atoms with Crippen molar-refractivity contribution in [2.24, 2.45) is 0 Å². The highest BCUT2D eigenvalue weighted by Gasteiger charge is 2.43. The van der Waals surface area contributed by atoms with Gasteiger partial charge >= 0.3 is 0 Å². The molecular formula is C23H20Cl2N4O2. The summed E-state index contributed by atoms with van der Waals surface area (Å²) in [5, 5.41) is 9.82. The lowest BCUT2D eigenvalue weighted by atomic mass is 10.0. The highest BCUT2D eigenvalue weighted by atomic mass is 35.5. The van der Waals surface area contributed by atoms with Gasteiger partial charge in [0.25, 0.3) is 11.8 Å². The van der Waals surface area contributed by atoms with Crippen LogP contribution in [0.2, 0.25) is 10.0 Å². The number of carbonyl (C=O) groups excluding carboxylic acids is 2. The van der Waals surface area contributed by atoms with Gasteiger partial charge in [0.05, 0.1) is 27.9 Å². The molecule has 1 fully saturated rings. The summed E-state index contributed by atoms with van der Waals surface area (Å²) in [6.45, 7) is 5.92. The Bertz CT molecular complexity index is 1110. The Morgan fingerprint density at radius 1 is 0.968 bits per heavy atom. The van der Waals surface area contributed by atoms with Crippen LogP contribution in [0.5, 0.6) is 0 Å². The van der Waals surface area contributed by atoms with Gasteiger partial charge in [-0.2, -0.15) is 5.26 Å². The van der Waals surface area contributed by atoms with Gasteiger partial charge in [-0.1, -0.05) is 36.2 Å². The summed E-state index contributed by atoms with van der Waals surface area (Å²) in [6, 6.07) is 13.3. The molecule has 2 heterocycles. The fraction of sp³-hybridized carbons (Fsp3) is 0.261. The molecule has 2 amide bonds. The quantitative estimate of drug-likeness (QED) is 0.657. The summed E-state index contributed by atoms with van der Waals surface area (Å²) in [5.74, 6) is -0.826. The number of nitrogens with zero attached hydrogens (tertiary/aromatic N) is 4. The molecule has 0 unspecified atom stereocenters. The van der Waals surface area contributed by atoms with Crippen molar-refractivity contribution in [2.45, 2.75) is 6.92 Å². The highest BCUT2D eigenvalue weighted by molar-refractivity contribution is 6.47. The molecule has 2 aromatic carbocycles. The van der Waals surface area contributed by atoms with Gasteiger partial charge < -0.3 is 9.80 Å². The third kappa shape index (κ3) is 3.92. The number of hydrogen-bond donors (Lipinski definition) is 0. The van der Waals surface area contributed by atoms with Gasteiger partial charge in [0.1, 0.15) is 5.70 Å². The predicted molar refractivity (Wildman–Crippen MR) is 121 cm³/mol. The van der Waals surface area contributed by atoms with Gasteiger partial charge in [0, 0.05) is 36.8 Å². The Morgan fingerprint density at radius 2 is 1.65 bits per heavy atom. The first kappa shape index (κ1) is 21.4. The number of hydrogen-bond acceptors (Lipinski definition) is 5. The second-order valence-corrected chi connectivity index (χ2v) is 8.22. The Labute approximate surface area is 190 Å². The van der Waals surface area contributed by atoms with Gasteiger partial charge in [0.15, 0.2) is 0 Å². The lowest BCUT2D eigenvalue weighted by Gasteiger charge is -2.36. The molecule has 1 saturated heterocycles. The molecule has 0 radical (unpaired) electrons. The maximum atomic E-state index is 13.5. The fourth-order valence-electron chi connectivity index (χ4n) is 3.95. The van der Waals surface area contributed by atoms with Gasteiger partial charge in [0.2, 0.25) is 0 Å². The van der Waals surface area contributed by atoms with Crippen molar-refractivity contribution >= 4 is 46.3 Å². The molecule has 6 nitrogen and oxygen atoms in total. The number of amides is 2. The van der Waals surface area contributed by atoms with Crippen LogP contribution in [-0.2, 0) is 9.59 Å². The first-order chi connectivity index (χ1) is 14.9. The molecule has 8 heteroatoms. The average molecular weight is 455 g/mol. The largest absolute Gasteiger partial charge is 0.364 e. The van der Waals surface area contributed by atoms with E-state index in [1.54, 1.807) is 42.5 Å². The van der Waals surface area contributed by atoms with Crippen LogP contribution in [0, 0.1) is 11.3 Å². The third-order valence-corrected chi connectivity index (χ3v) is 6.20. The van der Waals surface area contributed by atoms with E-state index in [0.717, 1.165) is 24.5 Å². The zero-order valence-electron chi connectivity index (χ0n) is 16.9. The van der Waals surface area contributed by atoms with E-state index in [1.165, 1.54) is 0 Å². The second-order valence-electron chi connectivity index (χ2n) is 7.37. The summed E-state index contributed by atoms with van der Waals surface area (Å²) in [7, 11) is 0. The zero-order valence-corrected chi connectivity index (χ0v) is 18.5. The summed E-state index contributed by atoms with van der Waals surface area (Å²) >= 11 is 12.5. The Hall–Kier alpha value is -2.85. The lowest BCUT2D eigenvalue weighted by molar-refractivity contribution is -0.120. The number of imide groups is 1. The molecule has 31 heavy (non-hydrogen) atoms. The number of carbonyl (C=O) groups is 2. The summed E-state index contributed by atoms with van der Waals surface area (Å²) < 4.78 is 0. The number of piperazine rings is 1. The molecule has 4 rings (SSSR count). The molecule has 0 bridgehead atoms. The molecule has 0 aliphatic carbocycles. The number of rotatable bonds is 4. The molecule has 0 N–H and O–H groups in total. The average Bonchev–Trinajstić information content (AvgIpc) is 3.04. The van der Waals surface area contributed by atoms with E-state index >= 15 is 0 Å². The topological polar surface area (TPSA) is 67.7 Å². The van der Waals surface area contributed by atoms with Crippen LogP contribution in [0.3, 0.4) is 0 Å². The number of halogens is 2. The van der Waals surface area contributed by atoms with Crippen molar-refractivity contribution in [2.75, 3.05) is 37.6 Å². The number of benzene rings is 2. The standard InChI is InChI=1S/C23H20Cl2N4O2/c1-2-27-9-11-28(12-10-27)21-20(18-8-5-16(24)13-19(18)25)22(30)29(23(21)31)17-6-3-15(14-26)4-7-17/h3-8,13H,2,9-12H2,1H3. The molecule has 2 aliphatic heterocycles. The Kier molecular flexibility index (Phi) is 6.01. The van der Waals surface area contributed by atoms with E-state index in [1.807, 2.05) is 11.0 Å². The van der Waals surface area contributed by atoms with Crippen molar-refractivity contribution < 1.29 is 9.59 Å². The first-order valence-corrected chi connectivity index (χ1v) is 10.8. The van der Waals surface area contributed by atoms with E-state index < -0.39 is 5.91 Å². The maximum absolute atomic E-state index is 13.5. The van der Waals surface area contributed by atoms with Crippen LogP contribution < -0.4 is 4.90 Å². The van der Waals surface area contributed by atoms with E-state index in [9.17, 15) is 9.59 Å². The van der Waals surface area contributed by atoms with Crippen LogP contribution in [0.15, 0.2) is 48.2 Å². The van der Waals surface area contributed by atoms with Crippen LogP contribution in [-0.4, -0.2) is 54.3 Å². The molecule has 2 aromatic rings. The van der Waals surface area contributed by atoms with Crippen LogP contribution in [0.4, 0.5) is 5.69 Å². The van der Waals surface area contributed by atoms with Gasteiger partial charge in [-0.3, -0.25) is 9.59 Å². The molecule has 158 valence electrons. The summed E-state index contributed by atoms with van der Waals surface area (Å²) in [6.07, 6.45) is 0. The first-order valence-electron chi connectivity index (χ1n) is 10.0. The van der Waals surface area contributed by atoms with Gasteiger partial charge in [-0.15, -0.1) is 0 Å². The molecular weight excluding hydrogens is 435 g/mol. The summed E-state index contributed by atoms with van der Waals surface area (Å²) in [4.78, 5) is 32.5. The van der Waals surface area contributed by atoms with Crippen molar-refractivity contribution in [3.05, 3.63) is 69.3 Å². The normalized spacial score (nSPS) is 17.5. The molecule has 2 aliphatic rings. The third-order valence-electron chi connectivity index (χ3n) is 5.65. The minimum Gasteiger partial charge on any atom is -0.364 e. The molecule has 0 atom stereocenters. The predicted octanol–water partition coefficient (Wildman–Crippen LogP) is 3.79. The zero-order chi connectivity index (χ0) is 22.1. The van der Waals surface area contributed by atoms with Crippen LogP contribution >= 0.6 is 23.2 Å². The highest BCUT2D eigenvalue weighted by Crippen LogP contribution is 2.38. The minimum atomic E-state index is -0.438. The fourth-order valence-corrected chi connectivity index (χ4v) is 4.46. The molecule has 0 spiro atoms. The minimum absolute atomic E-state index is 0.279. The number of nitriles is 1. The van der Waals surface area contributed by atoms with Crippen molar-refractivity contribution in [1.29, 1.82) is 5.26 Å². The van der Waals surface area contributed by atoms with Crippen LogP contribution in [0.1, 0.15) is 18.1 Å². The van der Waals surface area contributed by atoms with E-state index in [2.05, 4.69) is 11.8 Å². The Morgan fingerprint density at radius 3 is 2.23 bits per heavy atom. The summed E-state index contributed by atoms with van der Waals surface area (Å²) in [5.41, 5.74) is 1.98. The molecule has 0 saturated carbocycles. The smallest absolute Gasteiger partial charge is 0.282 e. The van der Waals surface area contributed by atoms with Crippen LogP contribution in [0.25, 0.3) is 5.57 Å². The van der Waals surface area contributed by atoms with Crippen molar-refractivity contribution in [3.8, 4) is 6.07 Å². The van der Waals surface area contributed by atoms with Crippen molar-refractivity contribution in [1.82, 2.24) is 9.80 Å². The number of likely N-dealkylation sites (N-methyl/N-ethyl adjacent to an activating group) is 1. The maximum Gasteiger partial charge on any atom is 0.282 e. The van der Waals surface area contributed by atoms with Gasteiger partial charge in [-0.25, -0.2) is 4.90 Å². The SMILES string of the molecule is CCN1CCN(C2=C(c3ccc(Cl)cc3Cl)C(=O)N(c3ccc(C#N)cc3)C2=O)CC1. The number of anilines is 1. The van der Waals surface area contributed by atoms with E-state index in [4.69, 9.17) is 28.5 Å². The van der Waals surface area contributed by atoms with E-state index in [-0.39, 0.29) is 11.5 Å². The lowest BCUT2D eigenvalue weighted by Crippen LogP contribution is -2.47.